The summed E-state index contributed by atoms with van der Waals surface area (Å²) in [6, 6.07) is 13.4. The van der Waals surface area contributed by atoms with Crippen LogP contribution in [0.3, 0.4) is 0 Å². The van der Waals surface area contributed by atoms with Crippen LogP contribution in [-0.2, 0) is 5.41 Å². The number of hydrogen-bond acceptors (Lipinski definition) is 0. The highest BCUT2D eigenvalue weighted by Crippen LogP contribution is 2.43. The molecular weight excluding hydrogens is 310 g/mol. The second kappa shape index (κ2) is 5.41. The Morgan fingerprint density at radius 2 is 1.63 bits per heavy atom. The third-order valence-electron chi connectivity index (χ3n) is 3.38. The molecule has 0 aliphatic heterocycles. The van der Waals surface area contributed by atoms with E-state index >= 15 is 0 Å². The number of hydrogen-bond donors (Lipinski definition) is 0. The van der Waals surface area contributed by atoms with Gasteiger partial charge in [-0.2, -0.15) is 0 Å². The van der Waals surface area contributed by atoms with Crippen molar-refractivity contribution in [2.45, 2.75) is 24.1 Å². The topological polar surface area (TPSA) is 0 Å². The lowest BCUT2D eigenvalue weighted by Gasteiger charge is -2.31. The largest absolute Gasteiger partial charge is 0.207 e. The van der Waals surface area contributed by atoms with Crippen LogP contribution in [0.2, 0.25) is 0 Å². The smallest absolute Gasteiger partial charge is 0.127 e. The number of rotatable bonds is 3. The minimum atomic E-state index is -0.426. The van der Waals surface area contributed by atoms with Gasteiger partial charge in [-0.1, -0.05) is 60.1 Å². The van der Waals surface area contributed by atoms with Gasteiger partial charge in [0.15, 0.2) is 0 Å². The van der Waals surface area contributed by atoms with Crippen molar-refractivity contribution in [2.75, 3.05) is 0 Å². The number of halogens is 3. The minimum Gasteiger partial charge on any atom is -0.207 e. The van der Waals surface area contributed by atoms with Gasteiger partial charge in [0.1, 0.15) is 11.6 Å². The Labute approximate surface area is 120 Å². The van der Waals surface area contributed by atoms with Gasteiger partial charge in [-0.3, -0.25) is 0 Å². The fraction of sp³-hybridized carbons (Fsp3) is 0.250. The van der Waals surface area contributed by atoms with Crippen molar-refractivity contribution in [3.05, 3.63) is 71.3 Å². The Balaban J connectivity index is 2.43. The molecule has 0 bridgehead atoms. The van der Waals surface area contributed by atoms with Crippen molar-refractivity contribution in [3.63, 3.8) is 0 Å². The van der Waals surface area contributed by atoms with Crippen LogP contribution in [-0.4, -0.2) is 0 Å². The summed E-state index contributed by atoms with van der Waals surface area (Å²) in [5.74, 6) is -0.822. The van der Waals surface area contributed by atoms with E-state index in [4.69, 9.17) is 0 Å². The molecule has 19 heavy (non-hydrogen) atoms. The van der Waals surface area contributed by atoms with E-state index in [1.54, 1.807) is 0 Å². The van der Waals surface area contributed by atoms with E-state index in [1.807, 2.05) is 44.2 Å². The molecule has 0 saturated carbocycles. The van der Waals surface area contributed by atoms with Crippen molar-refractivity contribution in [1.82, 2.24) is 0 Å². The SMILES string of the molecule is CC(C)(c1ccccc1)C(Br)c1cc(F)ccc1F. The summed E-state index contributed by atoms with van der Waals surface area (Å²) in [5, 5.41) is 0. The molecule has 2 rings (SSSR count). The third kappa shape index (κ3) is 2.86. The van der Waals surface area contributed by atoms with Gasteiger partial charge in [0, 0.05) is 11.0 Å². The lowest BCUT2D eigenvalue weighted by Crippen LogP contribution is -2.23. The summed E-state index contributed by atoms with van der Waals surface area (Å²) in [6.07, 6.45) is 0. The van der Waals surface area contributed by atoms with Gasteiger partial charge in [0.2, 0.25) is 0 Å². The molecule has 0 N–H and O–H groups in total. The predicted octanol–water partition coefficient (Wildman–Crippen LogP) is 5.38. The van der Waals surface area contributed by atoms with E-state index in [-0.39, 0.29) is 10.2 Å². The monoisotopic (exact) mass is 324 g/mol. The van der Waals surface area contributed by atoms with Gasteiger partial charge in [0.25, 0.3) is 0 Å². The van der Waals surface area contributed by atoms with Crippen molar-refractivity contribution < 1.29 is 8.78 Å². The van der Waals surface area contributed by atoms with Crippen LogP contribution in [0, 0.1) is 11.6 Å². The lowest BCUT2D eigenvalue weighted by molar-refractivity contribution is 0.492. The van der Waals surface area contributed by atoms with E-state index in [1.165, 1.54) is 12.1 Å². The second-order valence-corrected chi connectivity index (χ2v) is 6.03. The molecule has 0 aliphatic carbocycles. The zero-order valence-corrected chi connectivity index (χ0v) is 12.4. The molecule has 1 unspecified atom stereocenters. The molecule has 0 saturated heterocycles. The molecule has 100 valence electrons. The molecule has 3 heteroatoms. The molecule has 0 radical (unpaired) electrons. The maximum Gasteiger partial charge on any atom is 0.127 e. The fourth-order valence-electron chi connectivity index (χ4n) is 2.11. The van der Waals surface area contributed by atoms with E-state index in [0.29, 0.717) is 5.56 Å². The molecule has 0 nitrogen and oxygen atoms in total. The van der Waals surface area contributed by atoms with E-state index < -0.39 is 11.6 Å². The van der Waals surface area contributed by atoms with Crippen LogP contribution in [0.25, 0.3) is 0 Å². The van der Waals surface area contributed by atoms with Gasteiger partial charge in [-0.25, -0.2) is 8.78 Å². The van der Waals surface area contributed by atoms with Crippen LogP contribution in [0.1, 0.15) is 29.8 Å². The first-order valence-corrected chi connectivity index (χ1v) is 6.99. The van der Waals surface area contributed by atoms with Crippen molar-refractivity contribution >= 4 is 15.9 Å². The zero-order chi connectivity index (χ0) is 14.0. The summed E-state index contributed by atoms with van der Waals surface area (Å²) >= 11 is 3.52. The van der Waals surface area contributed by atoms with E-state index in [2.05, 4.69) is 15.9 Å². The normalized spacial score (nSPS) is 13.3. The van der Waals surface area contributed by atoms with Gasteiger partial charge < -0.3 is 0 Å². The first-order valence-electron chi connectivity index (χ1n) is 6.07. The summed E-state index contributed by atoms with van der Waals surface area (Å²) < 4.78 is 27.2. The average Bonchev–Trinajstić information content (AvgIpc) is 2.41. The van der Waals surface area contributed by atoms with E-state index in [9.17, 15) is 8.78 Å². The highest BCUT2D eigenvalue weighted by molar-refractivity contribution is 9.09. The summed E-state index contributed by atoms with van der Waals surface area (Å²) in [4.78, 5) is -0.307. The molecule has 1 atom stereocenters. The number of benzene rings is 2. The first kappa shape index (κ1) is 14.2. The molecule has 0 aromatic heterocycles. The Kier molecular flexibility index (Phi) is 4.04. The van der Waals surface area contributed by atoms with Crippen molar-refractivity contribution in [1.29, 1.82) is 0 Å². The van der Waals surface area contributed by atoms with E-state index in [0.717, 1.165) is 11.6 Å². The maximum atomic E-state index is 13.9. The van der Waals surface area contributed by atoms with Crippen LogP contribution < -0.4 is 0 Å². The summed E-state index contributed by atoms with van der Waals surface area (Å²) in [6.45, 7) is 4.01. The Morgan fingerprint density at radius 3 is 2.26 bits per heavy atom. The van der Waals surface area contributed by atoms with Gasteiger partial charge in [-0.05, 0) is 23.8 Å². The van der Waals surface area contributed by atoms with Crippen molar-refractivity contribution in [2.24, 2.45) is 0 Å². The molecule has 0 fully saturated rings. The summed E-state index contributed by atoms with van der Waals surface area (Å²) in [7, 11) is 0. The minimum absolute atomic E-state index is 0.307. The van der Waals surface area contributed by atoms with Crippen LogP contribution in [0.5, 0.6) is 0 Å². The van der Waals surface area contributed by atoms with Crippen LogP contribution in [0.4, 0.5) is 8.78 Å². The van der Waals surface area contributed by atoms with Gasteiger partial charge >= 0.3 is 0 Å². The zero-order valence-electron chi connectivity index (χ0n) is 10.8. The van der Waals surface area contributed by atoms with Gasteiger partial charge in [0.05, 0.1) is 4.83 Å². The Morgan fingerprint density at radius 1 is 1.00 bits per heavy atom. The first-order chi connectivity index (χ1) is 8.93. The predicted molar refractivity (Wildman–Crippen MR) is 77.5 cm³/mol. The molecule has 0 heterocycles. The highest BCUT2D eigenvalue weighted by Gasteiger charge is 2.32. The molecular formula is C16H15BrF2. The fourth-order valence-corrected chi connectivity index (χ4v) is 2.73. The third-order valence-corrected chi connectivity index (χ3v) is 5.02. The Hall–Kier alpha value is -1.22. The van der Waals surface area contributed by atoms with Crippen LogP contribution in [0.15, 0.2) is 48.5 Å². The number of alkyl halides is 1. The highest BCUT2D eigenvalue weighted by atomic mass is 79.9. The lowest BCUT2D eigenvalue weighted by atomic mass is 9.79. The quantitative estimate of drug-likeness (QED) is 0.665. The molecule has 0 spiro atoms. The summed E-state index contributed by atoms with van der Waals surface area (Å²) in [5.41, 5.74) is 1.06. The maximum absolute atomic E-state index is 13.9. The molecule has 0 amide bonds. The average molecular weight is 325 g/mol. The molecule has 2 aromatic carbocycles. The standard InChI is InChI=1S/C16H15BrF2/c1-16(2,11-6-4-3-5-7-11)15(17)13-10-12(18)8-9-14(13)19/h3-10,15H,1-2H3. The molecule has 0 aliphatic rings. The van der Waals surface area contributed by atoms with Crippen LogP contribution >= 0.6 is 15.9 Å². The Bertz CT molecular complexity index is 564. The second-order valence-electron chi connectivity index (χ2n) is 5.12. The molecule has 2 aromatic rings. The van der Waals surface area contributed by atoms with Crippen molar-refractivity contribution in [3.8, 4) is 0 Å². The van der Waals surface area contributed by atoms with Gasteiger partial charge in [-0.15, -0.1) is 0 Å².